The second-order valence-corrected chi connectivity index (χ2v) is 7.37. The Morgan fingerprint density at radius 2 is 2.05 bits per heavy atom. The molecule has 7 heteroatoms. The molecule has 0 spiro atoms. The molecule has 0 radical (unpaired) electrons. The van der Waals surface area contributed by atoms with Gasteiger partial charge in [0.25, 0.3) is 10.0 Å². The van der Waals surface area contributed by atoms with Crippen LogP contribution in [0, 0.1) is 6.92 Å². The fourth-order valence-electron chi connectivity index (χ4n) is 2.16. The Hall–Kier alpha value is -1.86. The van der Waals surface area contributed by atoms with Gasteiger partial charge < -0.3 is 0 Å². The highest BCUT2D eigenvalue weighted by molar-refractivity contribution is 7.93. The van der Waals surface area contributed by atoms with Gasteiger partial charge in [-0.05, 0) is 13.0 Å². The highest BCUT2D eigenvalue weighted by Crippen LogP contribution is 2.34. The zero-order valence-electron chi connectivity index (χ0n) is 11.0. The fourth-order valence-corrected chi connectivity index (χ4v) is 5.00. The molecular formula is C13H13N3O2S2. The number of aryl methyl sites for hydroxylation is 2. The lowest BCUT2D eigenvalue weighted by Gasteiger charge is -2.06. The third-order valence-electron chi connectivity index (χ3n) is 2.94. The molecule has 5 nitrogen and oxygen atoms in total. The van der Waals surface area contributed by atoms with Crippen LogP contribution in [-0.2, 0) is 17.1 Å². The zero-order chi connectivity index (χ0) is 14.3. The van der Waals surface area contributed by atoms with Crippen LogP contribution in [0.5, 0.6) is 0 Å². The van der Waals surface area contributed by atoms with Crippen molar-refractivity contribution in [3.05, 3.63) is 41.5 Å². The zero-order valence-corrected chi connectivity index (χ0v) is 12.6. The van der Waals surface area contributed by atoms with E-state index in [4.69, 9.17) is 0 Å². The smallest absolute Gasteiger partial charge is 0.263 e. The van der Waals surface area contributed by atoms with Crippen molar-refractivity contribution < 1.29 is 8.42 Å². The minimum Gasteiger partial charge on any atom is -0.276 e. The number of thiophene rings is 1. The van der Waals surface area contributed by atoms with E-state index < -0.39 is 10.0 Å². The third-order valence-corrected chi connectivity index (χ3v) is 5.72. The first-order chi connectivity index (χ1) is 9.47. The van der Waals surface area contributed by atoms with Crippen molar-refractivity contribution in [1.29, 1.82) is 0 Å². The van der Waals surface area contributed by atoms with E-state index in [0.717, 1.165) is 15.0 Å². The predicted molar refractivity (Wildman–Crippen MR) is 80.6 cm³/mol. The summed E-state index contributed by atoms with van der Waals surface area (Å²) in [4.78, 5) is 1.13. The lowest BCUT2D eigenvalue weighted by Crippen LogP contribution is -2.13. The third kappa shape index (κ3) is 2.19. The molecule has 0 amide bonds. The summed E-state index contributed by atoms with van der Waals surface area (Å²) in [5.41, 5.74) is 0.460. The average molecular weight is 307 g/mol. The van der Waals surface area contributed by atoms with Crippen LogP contribution in [0.3, 0.4) is 0 Å². The summed E-state index contributed by atoms with van der Waals surface area (Å²) in [7, 11) is -1.87. The maximum atomic E-state index is 12.6. The summed E-state index contributed by atoms with van der Waals surface area (Å²) in [5, 5.41) is 4.72. The van der Waals surface area contributed by atoms with Gasteiger partial charge in [0.05, 0.1) is 11.9 Å². The predicted octanol–water partition coefficient (Wildman–Crippen LogP) is 2.74. The molecule has 0 aliphatic heterocycles. The molecule has 0 saturated heterocycles. The molecule has 0 fully saturated rings. The number of aromatic nitrogens is 2. The average Bonchev–Trinajstić information content (AvgIpc) is 2.91. The summed E-state index contributed by atoms with van der Waals surface area (Å²) in [5.74, 6) is 0. The van der Waals surface area contributed by atoms with Gasteiger partial charge in [-0.25, -0.2) is 8.42 Å². The van der Waals surface area contributed by atoms with E-state index in [1.807, 2.05) is 31.2 Å². The molecule has 1 N–H and O–H groups in total. The first-order valence-corrected chi connectivity index (χ1v) is 8.27. The van der Waals surface area contributed by atoms with Crippen LogP contribution in [0.2, 0.25) is 0 Å². The van der Waals surface area contributed by atoms with Crippen molar-refractivity contribution in [2.24, 2.45) is 7.05 Å². The Balaban J connectivity index is 2.11. The van der Waals surface area contributed by atoms with Gasteiger partial charge in [-0.2, -0.15) is 5.10 Å². The van der Waals surface area contributed by atoms with Gasteiger partial charge in [0, 0.05) is 28.2 Å². The monoisotopic (exact) mass is 307 g/mol. The lowest BCUT2D eigenvalue weighted by atomic mass is 10.2. The van der Waals surface area contributed by atoms with Crippen LogP contribution >= 0.6 is 11.3 Å². The van der Waals surface area contributed by atoms with Gasteiger partial charge in [0.15, 0.2) is 0 Å². The number of fused-ring (bicyclic) bond motifs is 1. The van der Waals surface area contributed by atoms with Crippen LogP contribution in [-0.4, -0.2) is 18.2 Å². The summed E-state index contributed by atoms with van der Waals surface area (Å²) >= 11 is 1.48. The van der Waals surface area contributed by atoms with E-state index in [2.05, 4.69) is 9.82 Å². The van der Waals surface area contributed by atoms with E-state index in [9.17, 15) is 8.42 Å². The SMILES string of the molecule is Cc1sc2ccccc2c1S(=O)(=O)Nc1cnn(C)c1. The number of benzene rings is 1. The first kappa shape index (κ1) is 13.1. The van der Waals surface area contributed by atoms with Crippen molar-refractivity contribution >= 4 is 37.1 Å². The van der Waals surface area contributed by atoms with Gasteiger partial charge in [-0.1, -0.05) is 18.2 Å². The molecule has 3 rings (SSSR count). The van der Waals surface area contributed by atoms with Crippen LogP contribution < -0.4 is 4.72 Å². The molecule has 0 aliphatic carbocycles. The molecule has 0 saturated carbocycles. The van der Waals surface area contributed by atoms with Gasteiger partial charge in [0.1, 0.15) is 4.90 Å². The van der Waals surface area contributed by atoms with E-state index in [-0.39, 0.29) is 0 Å². The number of rotatable bonds is 3. The Labute approximate surface area is 120 Å². The molecule has 1 aromatic carbocycles. The quantitative estimate of drug-likeness (QED) is 0.809. The van der Waals surface area contributed by atoms with Crippen LogP contribution in [0.1, 0.15) is 4.88 Å². The second-order valence-electron chi connectivity index (χ2n) is 4.49. The Morgan fingerprint density at radius 1 is 1.30 bits per heavy atom. The van der Waals surface area contributed by atoms with E-state index in [0.29, 0.717) is 10.6 Å². The summed E-state index contributed by atoms with van der Waals surface area (Å²) in [6.07, 6.45) is 3.11. The molecule has 0 unspecified atom stereocenters. The molecule has 2 heterocycles. The largest absolute Gasteiger partial charge is 0.276 e. The van der Waals surface area contributed by atoms with Gasteiger partial charge in [-0.3, -0.25) is 9.40 Å². The highest BCUT2D eigenvalue weighted by atomic mass is 32.2. The maximum absolute atomic E-state index is 12.6. The Bertz CT molecular complexity index is 878. The van der Waals surface area contributed by atoms with Crippen molar-refractivity contribution in [2.45, 2.75) is 11.8 Å². The van der Waals surface area contributed by atoms with E-state index in [1.165, 1.54) is 17.5 Å². The van der Waals surface area contributed by atoms with Gasteiger partial charge in [0.2, 0.25) is 0 Å². The number of nitrogens with one attached hydrogen (secondary N) is 1. The first-order valence-electron chi connectivity index (χ1n) is 5.97. The molecule has 20 heavy (non-hydrogen) atoms. The summed E-state index contributed by atoms with van der Waals surface area (Å²) < 4.78 is 30.2. The summed E-state index contributed by atoms with van der Waals surface area (Å²) in [6.45, 7) is 1.82. The van der Waals surface area contributed by atoms with Crippen LogP contribution in [0.25, 0.3) is 10.1 Å². The van der Waals surface area contributed by atoms with E-state index in [1.54, 1.807) is 17.9 Å². The molecule has 2 aromatic heterocycles. The molecule has 0 bridgehead atoms. The standard InChI is InChI=1S/C13H13N3O2S2/c1-9-13(11-5-3-4-6-12(11)19-9)20(17,18)15-10-7-14-16(2)8-10/h3-8,15H,1-2H3. The van der Waals surface area contributed by atoms with Crippen molar-refractivity contribution in [1.82, 2.24) is 9.78 Å². The Morgan fingerprint density at radius 3 is 2.75 bits per heavy atom. The Kier molecular flexibility index (Phi) is 3.02. The van der Waals surface area contributed by atoms with Crippen LogP contribution in [0.15, 0.2) is 41.6 Å². The fraction of sp³-hybridized carbons (Fsp3) is 0.154. The summed E-state index contributed by atoms with van der Waals surface area (Å²) in [6, 6.07) is 7.51. The molecule has 0 aliphatic rings. The second kappa shape index (κ2) is 4.60. The molecular weight excluding hydrogens is 294 g/mol. The van der Waals surface area contributed by atoms with E-state index >= 15 is 0 Å². The number of anilines is 1. The van der Waals surface area contributed by atoms with Crippen LogP contribution in [0.4, 0.5) is 5.69 Å². The maximum Gasteiger partial charge on any atom is 0.263 e. The van der Waals surface area contributed by atoms with Crippen molar-refractivity contribution in [3.63, 3.8) is 0 Å². The minimum absolute atomic E-state index is 0.349. The van der Waals surface area contributed by atoms with Crippen molar-refractivity contribution in [3.8, 4) is 0 Å². The number of hydrogen-bond donors (Lipinski definition) is 1. The highest BCUT2D eigenvalue weighted by Gasteiger charge is 2.22. The van der Waals surface area contributed by atoms with Gasteiger partial charge >= 0.3 is 0 Å². The normalized spacial score (nSPS) is 11.9. The number of nitrogens with zero attached hydrogens (tertiary/aromatic N) is 2. The minimum atomic E-state index is -3.61. The molecule has 3 aromatic rings. The molecule has 0 atom stereocenters. The van der Waals surface area contributed by atoms with Gasteiger partial charge in [-0.15, -0.1) is 11.3 Å². The number of hydrogen-bond acceptors (Lipinski definition) is 4. The lowest BCUT2D eigenvalue weighted by molar-refractivity contribution is 0.602. The topological polar surface area (TPSA) is 64.0 Å². The van der Waals surface area contributed by atoms with Crippen molar-refractivity contribution in [2.75, 3.05) is 4.72 Å². The molecule has 104 valence electrons. The number of sulfonamides is 1.